The number of nitrogens with zero attached hydrogens (tertiary/aromatic N) is 4. The van der Waals surface area contributed by atoms with E-state index >= 15 is 0 Å². The second-order valence-electron chi connectivity index (χ2n) is 9.05. The summed E-state index contributed by atoms with van der Waals surface area (Å²) in [6, 6.07) is 13.4. The summed E-state index contributed by atoms with van der Waals surface area (Å²) in [4.78, 5) is 30.4. The third-order valence-corrected chi connectivity index (χ3v) is 6.16. The lowest BCUT2D eigenvalue weighted by Crippen LogP contribution is -2.14. The Balaban J connectivity index is 1.49. The normalized spacial score (nSPS) is 11.3. The summed E-state index contributed by atoms with van der Waals surface area (Å²) in [6.07, 6.45) is 5.31. The predicted octanol–water partition coefficient (Wildman–Crippen LogP) is 5.28. The van der Waals surface area contributed by atoms with Gasteiger partial charge in [0.15, 0.2) is 17.1 Å². The molecule has 0 radical (unpaired) electrons. The first-order chi connectivity index (χ1) is 17.7. The van der Waals surface area contributed by atoms with Crippen LogP contribution in [0.25, 0.3) is 33.8 Å². The largest absolute Gasteiger partial charge is 0.463 e. The van der Waals surface area contributed by atoms with Crippen LogP contribution in [0.15, 0.2) is 64.1 Å². The van der Waals surface area contributed by atoms with Crippen molar-refractivity contribution >= 4 is 39.7 Å². The van der Waals surface area contributed by atoms with Crippen molar-refractivity contribution in [1.82, 2.24) is 14.8 Å². The first-order valence-electron chi connectivity index (χ1n) is 11.6. The van der Waals surface area contributed by atoms with Crippen LogP contribution >= 0.6 is 0 Å². The average molecular weight is 490 g/mol. The summed E-state index contributed by atoms with van der Waals surface area (Å²) in [5.74, 6) is 0.129. The van der Waals surface area contributed by atoms with Crippen LogP contribution in [0, 0.1) is 39.0 Å². The third kappa shape index (κ3) is 4.39. The van der Waals surface area contributed by atoms with Crippen molar-refractivity contribution < 1.29 is 9.21 Å². The van der Waals surface area contributed by atoms with Crippen molar-refractivity contribution in [3.8, 4) is 11.9 Å². The summed E-state index contributed by atoms with van der Waals surface area (Å²) < 4.78 is 6.98. The molecule has 37 heavy (non-hydrogen) atoms. The highest BCUT2D eigenvalue weighted by atomic mass is 16.3. The van der Waals surface area contributed by atoms with Crippen LogP contribution in [0.2, 0.25) is 0 Å². The number of nitrogens with one attached hydrogen (secondary N) is 1. The van der Waals surface area contributed by atoms with Gasteiger partial charge in [0.1, 0.15) is 23.5 Å². The molecular weight excluding hydrogens is 466 g/mol. The van der Waals surface area contributed by atoms with E-state index in [4.69, 9.17) is 9.40 Å². The number of benzene rings is 2. The van der Waals surface area contributed by atoms with Crippen molar-refractivity contribution in [2.45, 2.75) is 27.7 Å². The van der Waals surface area contributed by atoms with Crippen molar-refractivity contribution in [2.75, 3.05) is 5.32 Å². The summed E-state index contributed by atoms with van der Waals surface area (Å²) in [6.45, 7) is 7.90. The zero-order valence-corrected chi connectivity index (χ0v) is 20.8. The molecule has 8 nitrogen and oxygen atoms in total. The first-order valence-corrected chi connectivity index (χ1v) is 11.6. The van der Waals surface area contributed by atoms with Crippen LogP contribution in [-0.2, 0) is 4.79 Å². The van der Waals surface area contributed by atoms with E-state index in [1.165, 1.54) is 29.3 Å². The Bertz CT molecular complexity index is 1850. The topological polar surface area (TPSA) is 114 Å². The lowest BCUT2D eigenvalue weighted by atomic mass is 10.0. The van der Waals surface area contributed by atoms with Crippen LogP contribution in [0.3, 0.4) is 0 Å². The molecule has 5 rings (SSSR count). The molecule has 0 aliphatic heterocycles. The highest BCUT2D eigenvalue weighted by Gasteiger charge is 2.17. The number of hydrogen-bond donors (Lipinski definition) is 1. The monoisotopic (exact) mass is 489 g/mol. The molecule has 1 amide bonds. The van der Waals surface area contributed by atoms with Gasteiger partial charge >= 0.3 is 0 Å². The Kier molecular flexibility index (Phi) is 5.90. The summed E-state index contributed by atoms with van der Waals surface area (Å²) in [7, 11) is 0. The van der Waals surface area contributed by atoms with E-state index in [1.807, 2.05) is 39.8 Å². The minimum atomic E-state index is -0.536. The maximum absolute atomic E-state index is 12.8. The van der Waals surface area contributed by atoms with Crippen LogP contribution in [-0.4, -0.2) is 20.7 Å². The molecule has 0 bridgehead atoms. The smallest absolute Gasteiger partial charge is 0.249 e. The molecule has 0 aliphatic carbocycles. The Morgan fingerprint density at radius 3 is 2.62 bits per heavy atom. The van der Waals surface area contributed by atoms with Gasteiger partial charge in [0.25, 0.3) is 0 Å². The fourth-order valence-electron chi connectivity index (χ4n) is 4.36. The highest BCUT2D eigenvalue weighted by molar-refractivity contribution is 6.02. The Morgan fingerprint density at radius 1 is 1.05 bits per heavy atom. The Morgan fingerprint density at radius 2 is 1.84 bits per heavy atom. The van der Waals surface area contributed by atoms with Gasteiger partial charge in [0, 0.05) is 11.5 Å². The van der Waals surface area contributed by atoms with Gasteiger partial charge in [-0.1, -0.05) is 23.3 Å². The first kappa shape index (κ1) is 23.7. The quantitative estimate of drug-likeness (QED) is 0.343. The molecule has 0 atom stereocenters. The van der Waals surface area contributed by atoms with E-state index in [2.05, 4.69) is 28.6 Å². The third-order valence-electron chi connectivity index (χ3n) is 6.16. The standard InChI is InChI=1S/C29H23N5O3/c1-16-5-7-24-23(10-16)28(36)20(15-37-24)6-8-26(35)33-29-21(13-30)14-31-34(29)25-12-18(3)22-11-17(2)9-19(4)27(22)32-25/h5-12,14-15H,1-4H3,(H,33,35)/b8-6+. The fraction of sp³-hybridized carbons (Fsp3) is 0.138. The molecule has 3 heterocycles. The molecule has 0 saturated carbocycles. The Hall–Kier alpha value is -5.03. The van der Waals surface area contributed by atoms with Crippen LogP contribution in [0.4, 0.5) is 5.82 Å². The molecule has 3 aromatic heterocycles. The zero-order valence-electron chi connectivity index (χ0n) is 20.8. The number of aryl methyl sites for hydroxylation is 4. The van der Waals surface area contributed by atoms with Gasteiger partial charge < -0.3 is 9.73 Å². The van der Waals surface area contributed by atoms with Crippen LogP contribution in [0.1, 0.15) is 33.4 Å². The molecule has 2 aromatic carbocycles. The van der Waals surface area contributed by atoms with E-state index in [9.17, 15) is 14.9 Å². The lowest BCUT2D eigenvalue weighted by Gasteiger charge is -2.12. The Labute approximate surface area is 212 Å². The number of hydrogen-bond acceptors (Lipinski definition) is 6. The van der Waals surface area contributed by atoms with Gasteiger partial charge in [-0.15, -0.1) is 0 Å². The van der Waals surface area contributed by atoms with E-state index in [0.29, 0.717) is 16.8 Å². The number of amides is 1. The van der Waals surface area contributed by atoms with Crippen LogP contribution in [0.5, 0.6) is 0 Å². The molecule has 0 saturated heterocycles. The lowest BCUT2D eigenvalue weighted by molar-refractivity contribution is -0.111. The van der Waals surface area contributed by atoms with Crippen molar-refractivity contribution in [3.05, 3.63) is 98.5 Å². The van der Waals surface area contributed by atoms with E-state index in [1.54, 1.807) is 12.1 Å². The number of aromatic nitrogens is 3. The molecule has 5 aromatic rings. The molecule has 8 heteroatoms. The molecule has 0 unspecified atom stereocenters. The number of rotatable bonds is 4. The summed E-state index contributed by atoms with van der Waals surface area (Å²) >= 11 is 0. The van der Waals surface area contributed by atoms with E-state index < -0.39 is 5.91 Å². The number of pyridine rings is 1. The number of nitriles is 1. The second-order valence-corrected chi connectivity index (χ2v) is 9.05. The number of carbonyl (C=O) groups excluding carboxylic acids is 1. The number of fused-ring (bicyclic) bond motifs is 2. The molecule has 0 fully saturated rings. The molecule has 0 aliphatic rings. The average Bonchev–Trinajstić information content (AvgIpc) is 3.27. The minimum absolute atomic E-state index is 0.183. The van der Waals surface area contributed by atoms with E-state index in [0.717, 1.165) is 33.2 Å². The molecule has 0 spiro atoms. The number of carbonyl (C=O) groups is 1. The highest BCUT2D eigenvalue weighted by Crippen LogP contribution is 2.26. The van der Waals surface area contributed by atoms with Gasteiger partial charge in [0.05, 0.1) is 22.7 Å². The molecular formula is C29H23N5O3. The van der Waals surface area contributed by atoms with Gasteiger partial charge in [-0.3, -0.25) is 9.59 Å². The number of anilines is 1. The molecule has 182 valence electrons. The van der Waals surface area contributed by atoms with Crippen molar-refractivity contribution in [3.63, 3.8) is 0 Å². The SMILES string of the molecule is Cc1cc(C)c2nc(-n3ncc(C#N)c3NC(=O)/C=C/c3coc4ccc(C)cc4c3=O)cc(C)c2c1. The van der Waals surface area contributed by atoms with Crippen molar-refractivity contribution in [1.29, 1.82) is 5.26 Å². The summed E-state index contributed by atoms with van der Waals surface area (Å²) in [5.41, 5.74) is 5.57. The zero-order chi connectivity index (χ0) is 26.3. The predicted molar refractivity (Wildman–Crippen MR) is 143 cm³/mol. The van der Waals surface area contributed by atoms with Gasteiger partial charge in [-0.25, -0.2) is 4.98 Å². The minimum Gasteiger partial charge on any atom is -0.463 e. The second kappa shape index (κ2) is 9.21. The fourth-order valence-corrected chi connectivity index (χ4v) is 4.36. The molecule has 1 N–H and O–H groups in total. The van der Waals surface area contributed by atoms with Crippen LogP contribution < -0.4 is 10.7 Å². The van der Waals surface area contributed by atoms with Crippen molar-refractivity contribution in [2.24, 2.45) is 0 Å². The van der Waals surface area contributed by atoms with E-state index in [-0.39, 0.29) is 22.4 Å². The maximum atomic E-state index is 12.8. The van der Waals surface area contributed by atoms with Gasteiger partial charge in [0.2, 0.25) is 5.91 Å². The van der Waals surface area contributed by atoms with Gasteiger partial charge in [-0.05, 0) is 69.2 Å². The van der Waals surface area contributed by atoms with Gasteiger partial charge in [-0.2, -0.15) is 15.0 Å². The maximum Gasteiger partial charge on any atom is 0.249 e. The summed E-state index contributed by atoms with van der Waals surface area (Å²) in [5, 5.41) is 18.1.